The van der Waals surface area contributed by atoms with E-state index in [1.165, 1.54) is 32.1 Å². The van der Waals surface area contributed by atoms with Crippen LogP contribution in [0.3, 0.4) is 0 Å². The lowest BCUT2D eigenvalue weighted by atomic mass is 9.96. The number of aromatic nitrogens is 1. The van der Waals surface area contributed by atoms with Crippen molar-refractivity contribution in [3.05, 3.63) is 50.9 Å². The number of amides is 1. The third-order valence-corrected chi connectivity index (χ3v) is 5.79. The largest absolute Gasteiger partial charge is 0.353 e. The average Bonchev–Trinajstić information content (AvgIpc) is 2.96. The Morgan fingerprint density at radius 1 is 1.20 bits per heavy atom. The normalized spacial score (nSPS) is 16.2. The van der Waals surface area contributed by atoms with E-state index in [0.717, 1.165) is 40.6 Å². The van der Waals surface area contributed by atoms with Crippen LogP contribution in [0.25, 0.3) is 0 Å². The van der Waals surface area contributed by atoms with E-state index in [2.05, 4.69) is 10.3 Å². The number of carbonyl (C=O) groups excluding carboxylic acids is 1. The first-order valence-electron chi connectivity index (χ1n) is 9.16. The van der Waals surface area contributed by atoms with E-state index in [0.29, 0.717) is 12.5 Å². The first-order chi connectivity index (χ1) is 12.2. The molecular weight excluding hydrogens is 352 g/mol. The summed E-state index contributed by atoms with van der Waals surface area (Å²) < 4.78 is 0. The fourth-order valence-corrected chi connectivity index (χ4v) is 4.42. The summed E-state index contributed by atoms with van der Waals surface area (Å²) in [4.78, 5) is 16.9. The number of halogens is 1. The van der Waals surface area contributed by atoms with E-state index in [-0.39, 0.29) is 5.91 Å². The number of carbonyl (C=O) groups is 1. The van der Waals surface area contributed by atoms with Crippen LogP contribution >= 0.6 is 22.9 Å². The summed E-state index contributed by atoms with van der Waals surface area (Å²) in [5.41, 5.74) is 2.01. The first-order valence-corrected chi connectivity index (χ1v) is 10.4. The van der Waals surface area contributed by atoms with E-state index >= 15 is 0 Å². The highest BCUT2D eigenvalue weighted by atomic mass is 35.5. The second-order valence-electron chi connectivity index (χ2n) is 6.83. The Morgan fingerprint density at radius 2 is 1.96 bits per heavy atom. The quantitative estimate of drug-likeness (QED) is 0.783. The fraction of sp³-hybridized carbons (Fsp3) is 0.500. The molecular formula is C20H25ClN2OS. The molecule has 0 atom stereocenters. The molecule has 1 N–H and O–H groups in total. The van der Waals surface area contributed by atoms with Crippen LogP contribution in [0, 0.1) is 0 Å². The van der Waals surface area contributed by atoms with Crippen molar-refractivity contribution in [3.63, 3.8) is 0 Å². The molecule has 0 spiro atoms. The minimum Gasteiger partial charge on any atom is -0.353 e. The number of nitrogens with one attached hydrogen (secondary N) is 1. The van der Waals surface area contributed by atoms with E-state index in [4.69, 9.17) is 11.6 Å². The molecule has 1 heterocycles. The molecule has 0 aliphatic heterocycles. The fourth-order valence-electron chi connectivity index (χ4n) is 3.38. The van der Waals surface area contributed by atoms with Crippen LogP contribution in [-0.4, -0.2) is 16.9 Å². The van der Waals surface area contributed by atoms with Crippen LogP contribution in [0.2, 0.25) is 5.02 Å². The number of hydrogen-bond acceptors (Lipinski definition) is 3. The van der Waals surface area contributed by atoms with Crippen LogP contribution in [0.5, 0.6) is 0 Å². The lowest BCUT2D eigenvalue weighted by molar-refractivity contribution is -0.121. The number of thiazole rings is 1. The molecule has 0 unspecified atom stereocenters. The summed E-state index contributed by atoms with van der Waals surface area (Å²) in [5, 5.41) is 6.97. The Bertz CT molecular complexity index is 693. The van der Waals surface area contributed by atoms with Crippen molar-refractivity contribution in [2.45, 2.75) is 63.8 Å². The molecule has 1 aromatic carbocycles. The number of benzene rings is 1. The minimum absolute atomic E-state index is 0.102. The van der Waals surface area contributed by atoms with Crippen LogP contribution in [0.15, 0.2) is 29.6 Å². The molecule has 1 fully saturated rings. The van der Waals surface area contributed by atoms with Gasteiger partial charge in [0.05, 0.1) is 17.1 Å². The smallest absolute Gasteiger partial charge is 0.226 e. The summed E-state index contributed by atoms with van der Waals surface area (Å²) in [7, 11) is 0. The molecule has 0 saturated heterocycles. The maximum atomic E-state index is 12.3. The molecule has 25 heavy (non-hydrogen) atoms. The van der Waals surface area contributed by atoms with Gasteiger partial charge in [0.1, 0.15) is 0 Å². The zero-order valence-corrected chi connectivity index (χ0v) is 16.0. The maximum Gasteiger partial charge on any atom is 0.226 e. The van der Waals surface area contributed by atoms with Gasteiger partial charge in [-0.2, -0.15) is 0 Å². The van der Waals surface area contributed by atoms with Crippen LogP contribution in [0.1, 0.15) is 61.2 Å². The zero-order valence-electron chi connectivity index (χ0n) is 14.5. The predicted octanol–water partition coefficient (Wildman–Crippen LogP) is 5.16. The second kappa shape index (κ2) is 9.35. The highest BCUT2D eigenvalue weighted by molar-refractivity contribution is 7.09. The minimum atomic E-state index is 0.102. The standard InChI is InChI=1S/C20H25ClN2OS/c21-16-8-6-7-15(11-16)12-20-23-18(14-25-20)13-19(24)22-17-9-4-2-1-3-5-10-17/h6-8,11,14,17H,1-5,9-10,12-13H2,(H,22,24). The summed E-state index contributed by atoms with van der Waals surface area (Å²) in [6.45, 7) is 0. The summed E-state index contributed by atoms with van der Waals surface area (Å²) in [5.74, 6) is 0.102. The van der Waals surface area contributed by atoms with Gasteiger partial charge in [-0.05, 0) is 30.5 Å². The van der Waals surface area contributed by atoms with Crippen molar-refractivity contribution in [2.75, 3.05) is 0 Å². The van der Waals surface area contributed by atoms with Crippen molar-refractivity contribution in [1.29, 1.82) is 0 Å². The molecule has 3 nitrogen and oxygen atoms in total. The van der Waals surface area contributed by atoms with Crippen LogP contribution in [0.4, 0.5) is 0 Å². The van der Waals surface area contributed by atoms with Gasteiger partial charge in [0.15, 0.2) is 0 Å². The molecule has 1 aromatic heterocycles. The Balaban J connectivity index is 1.51. The summed E-state index contributed by atoms with van der Waals surface area (Å²) in [6.07, 6.45) is 9.76. The van der Waals surface area contributed by atoms with Gasteiger partial charge in [0, 0.05) is 22.9 Å². The highest BCUT2D eigenvalue weighted by Gasteiger charge is 2.15. The van der Waals surface area contributed by atoms with Crippen molar-refractivity contribution in [3.8, 4) is 0 Å². The molecule has 3 rings (SSSR count). The van der Waals surface area contributed by atoms with E-state index in [9.17, 15) is 4.79 Å². The van der Waals surface area contributed by atoms with Gasteiger partial charge in [0.2, 0.25) is 5.91 Å². The predicted molar refractivity (Wildman–Crippen MR) is 104 cm³/mol. The molecule has 1 aliphatic carbocycles. The van der Waals surface area contributed by atoms with E-state index < -0.39 is 0 Å². The third-order valence-electron chi connectivity index (χ3n) is 4.66. The van der Waals surface area contributed by atoms with Gasteiger partial charge in [-0.3, -0.25) is 4.79 Å². The first kappa shape index (κ1) is 18.4. The molecule has 0 radical (unpaired) electrons. The van der Waals surface area contributed by atoms with Gasteiger partial charge in [-0.15, -0.1) is 11.3 Å². The maximum absolute atomic E-state index is 12.3. The van der Waals surface area contributed by atoms with Crippen LogP contribution in [-0.2, 0) is 17.6 Å². The Kier molecular flexibility index (Phi) is 6.88. The number of rotatable bonds is 5. The molecule has 1 saturated carbocycles. The zero-order chi connectivity index (χ0) is 17.5. The average molecular weight is 377 g/mol. The molecule has 1 aliphatic rings. The number of hydrogen-bond donors (Lipinski definition) is 1. The van der Waals surface area contributed by atoms with E-state index in [1.54, 1.807) is 11.3 Å². The molecule has 2 aromatic rings. The molecule has 5 heteroatoms. The Morgan fingerprint density at radius 3 is 2.72 bits per heavy atom. The van der Waals surface area contributed by atoms with Gasteiger partial charge in [0.25, 0.3) is 0 Å². The molecule has 134 valence electrons. The monoisotopic (exact) mass is 376 g/mol. The molecule has 1 amide bonds. The van der Waals surface area contributed by atoms with E-state index in [1.807, 2.05) is 29.6 Å². The number of nitrogens with zero attached hydrogens (tertiary/aromatic N) is 1. The van der Waals surface area contributed by atoms with Crippen molar-refractivity contribution < 1.29 is 4.79 Å². The Labute approximate surface area is 158 Å². The van der Waals surface area contributed by atoms with Gasteiger partial charge < -0.3 is 5.32 Å². The van der Waals surface area contributed by atoms with Crippen LogP contribution < -0.4 is 5.32 Å². The SMILES string of the molecule is O=C(Cc1csc(Cc2cccc(Cl)c2)n1)NC1CCCCCCC1. The topological polar surface area (TPSA) is 42.0 Å². The lowest BCUT2D eigenvalue weighted by Crippen LogP contribution is -2.36. The summed E-state index contributed by atoms with van der Waals surface area (Å²) >= 11 is 7.64. The van der Waals surface area contributed by atoms with Crippen molar-refractivity contribution >= 4 is 28.8 Å². The van der Waals surface area contributed by atoms with Crippen molar-refractivity contribution in [2.24, 2.45) is 0 Å². The lowest BCUT2D eigenvalue weighted by Gasteiger charge is -2.20. The Hall–Kier alpha value is -1.39. The second-order valence-corrected chi connectivity index (χ2v) is 8.20. The van der Waals surface area contributed by atoms with Crippen molar-refractivity contribution in [1.82, 2.24) is 10.3 Å². The third kappa shape index (κ3) is 6.12. The van der Waals surface area contributed by atoms with Gasteiger partial charge >= 0.3 is 0 Å². The van der Waals surface area contributed by atoms with Gasteiger partial charge in [-0.25, -0.2) is 4.98 Å². The summed E-state index contributed by atoms with van der Waals surface area (Å²) in [6, 6.07) is 8.18. The van der Waals surface area contributed by atoms with Gasteiger partial charge in [-0.1, -0.05) is 55.8 Å². The molecule has 0 bridgehead atoms. The highest BCUT2D eigenvalue weighted by Crippen LogP contribution is 2.19.